The van der Waals surface area contributed by atoms with E-state index >= 15 is 0 Å². The van der Waals surface area contributed by atoms with Crippen molar-refractivity contribution < 1.29 is 23.6 Å². The molecule has 0 aliphatic heterocycles. The topological polar surface area (TPSA) is 130 Å². The molecule has 2 aromatic rings. The molecule has 0 saturated carbocycles. The minimum Gasteiger partial charge on any atom is -0.399 e. The number of rotatable bonds is 5. The molecule has 7 N–H and O–H groups in total. The summed E-state index contributed by atoms with van der Waals surface area (Å²) in [5.41, 5.74) is 12.0. The summed E-state index contributed by atoms with van der Waals surface area (Å²) in [5.74, 6) is 3.79. The Labute approximate surface area is 166 Å². The highest BCUT2D eigenvalue weighted by Crippen LogP contribution is 2.18. The number of nitrogens with one attached hydrogen (secondary N) is 2. The first-order valence-corrected chi connectivity index (χ1v) is 8.44. The van der Waals surface area contributed by atoms with Gasteiger partial charge in [-0.3, -0.25) is 14.8 Å². The van der Waals surface area contributed by atoms with Crippen LogP contribution in [0.3, 0.4) is 0 Å². The summed E-state index contributed by atoms with van der Waals surface area (Å²) < 4.78 is 26.3. The molecule has 2 aromatic carbocycles. The molecule has 1 unspecified atom stereocenters. The van der Waals surface area contributed by atoms with Gasteiger partial charge in [0.1, 0.15) is 11.6 Å². The fourth-order valence-electron chi connectivity index (χ4n) is 2.32. The van der Waals surface area contributed by atoms with Crippen molar-refractivity contribution in [2.24, 2.45) is 5.73 Å². The predicted octanol–water partition coefficient (Wildman–Crippen LogP) is 1.25. The molecule has 152 valence electrons. The van der Waals surface area contributed by atoms with Crippen molar-refractivity contribution in [3.63, 3.8) is 0 Å². The van der Waals surface area contributed by atoms with E-state index < -0.39 is 29.8 Å². The summed E-state index contributed by atoms with van der Waals surface area (Å²) in [5, 5.41) is 10.9. The second-order valence-electron chi connectivity index (χ2n) is 6.50. The lowest BCUT2D eigenvalue weighted by Crippen LogP contribution is -2.66. The molecule has 0 bridgehead atoms. The van der Waals surface area contributed by atoms with Gasteiger partial charge in [-0.25, -0.2) is 14.3 Å². The third kappa shape index (κ3) is 5.51. The molecule has 29 heavy (non-hydrogen) atoms. The van der Waals surface area contributed by atoms with Gasteiger partial charge in [-0.2, -0.15) is 0 Å². The van der Waals surface area contributed by atoms with Crippen LogP contribution in [0.15, 0.2) is 48.5 Å². The number of hydroxylamine groups is 1. The Morgan fingerprint density at radius 3 is 1.97 bits per heavy atom. The summed E-state index contributed by atoms with van der Waals surface area (Å²) >= 11 is 0. The maximum atomic E-state index is 13.2. The standard InChI is InChI=1S/C20H20F2N4O3/c1-20(24,19(21)22)16(18(28)26-29)25-17(27)14-8-4-12(5-9-14)2-3-13-6-10-15(23)11-7-13/h4-11,16,19,29H,23-24H2,1H3,(H,25,27)(H,26,28)/t16?,20-/m0/s1. The Bertz CT molecular complexity index is 933. The van der Waals surface area contributed by atoms with Gasteiger partial charge in [0.2, 0.25) is 0 Å². The molecule has 0 spiro atoms. The van der Waals surface area contributed by atoms with Gasteiger partial charge in [-0.1, -0.05) is 11.8 Å². The molecule has 2 amide bonds. The van der Waals surface area contributed by atoms with Crippen molar-refractivity contribution in [3.8, 4) is 11.8 Å². The van der Waals surface area contributed by atoms with Crippen LogP contribution < -0.4 is 22.3 Å². The molecular weight excluding hydrogens is 382 g/mol. The lowest BCUT2D eigenvalue weighted by molar-refractivity contribution is -0.134. The summed E-state index contributed by atoms with van der Waals surface area (Å²) in [6, 6.07) is 11.1. The number of benzene rings is 2. The predicted molar refractivity (Wildman–Crippen MR) is 103 cm³/mol. The Morgan fingerprint density at radius 1 is 1.03 bits per heavy atom. The smallest absolute Gasteiger partial charge is 0.268 e. The van der Waals surface area contributed by atoms with Crippen molar-refractivity contribution in [2.75, 3.05) is 5.73 Å². The van der Waals surface area contributed by atoms with Gasteiger partial charge < -0.3 is 16.8 Å². The SMILES string of the molecule is C[C@@](N)(C(F)F)C(NC(=O)c1ccc(C#Cc2ccc(N)cc2)cc1)C(=O)NO. The molecule has 7 nitrogen and oxygen atoms in total. The van der Waals surface area contributed by atoms with E-state index in [2.05, 4.69) is 17.2 Å². The van der Waals surface area contributed by atoms with E-state index in [9.17, 15) is 18.4 Å². The molecule has 9 heteroatoms. The maximum Gasteiger partial charge on any atom is 0.268 e. The first kappa shape index (κ1) is 21.8. The van der Waals surface area contributed by atoms with Crippen molar-refractivity contribution in [1.29, 1.82) is 0 Å². The number of halogens is 2. The van der Waals surface area contributed by atoms with E-state index in [1.165, 1.54) is 17.6 Å². The van der Waals surface area contributed by atoms with Crippen molar-refractivity contribution >= 4 is 17.5 Å². The van der Waals surface area contributed by atoms with Crippen LogP contribution in [-0.4, -0.2) is 35.0 Å². The van der Waals surface area contributed by atoms with Gasteiger partial charge in [-0.05, 0) is 55.5 Å². The number of nitrogens with two attached hydrogens (primary N) is 2. The first-order valence-electron chi connectivity index (χ1n) is 8.44. The highest BCUT2D eigenvalue weighted by atomic mass is 19.3. The molecule has 0 aliphatic carbocycles. The molecule has 0 heterocycles. The minimum atomic E-state index is -3.13. The summed E-state index contributed by atoms with van der Waals surface area (Å²) in [6.45, 7) is 0.897. The Hall–Kier alpha value is -3.48. The van der Waals surface area contributed by atoms with Crippen LogP contribution in [0.25, 0.3) is 0 Å². The average molecular weight is 402 g/mol. The molecule has 0 radical (unpaired) electrons. The number of carbonyl (C=O) groups excluding carboxylic acids is 2. The van der Waals surface area contributed by atoms with Crippen LogP contribution in [0.5, 0.6) is 0 Å². The van der Waals surface area contributed by atoms with E-state index in [0.29, 0.717) is 11.3 Å². The molecule has 0 aliphatic rings. The Kier molecular flexibility index (Phi) is 6.88. The van der Waals surface area contributed by atoms with Gasteiger partial charge >= 0.3 is 0 Å². The number of anilines is 1. The lowest BCUT2D eigenvalue weighted by Gasteiger charge is -2.32. The van der Waals surface area contributed by atoms with E-state index in [4.69, 9.17) is 16.7 Å². The molecule has 2 rings (SSSR count). The van der Waals surface area contributed by atoms with Crippen molar-refractivity contribution in [2.45, 2.75) is 24.9 Å². The number of hydrogen-bond donors (Lipinski definition) is 5. The van der Waals surface area contributed by atoms with Gasteiger partial charge in [0.15, 0.2) is 0 Å². The molecule has 2 atom stereocenters. The van der Waals surface area contributed by atoms with Gasteiger partial charge in [0, 0.05) is 22.4 Å². The fraction of sp³-hybridized carbons (Fsp3) is 0.200. The number of carbonyl (C=O) groups is 2. The third-order valence-corrected chi connectivity index (χ3v) is 4.15. The van der Waals surface area contributed by atoms with Crippen LogP contribution in [0.4, 0.5) is 14.5 Å². The normalized spacial score (nSPS) is 13.6. The van der Waals surface area contributed by atoms with E-state index in [1.807, 2.05) is 0 Å². The number of hydrogen-bond acceptors (Lipinski definition) is 5. The van der Waals surface area contributed by atoms with Crippen LogP contribution in [0, 0.1) is 11.8 Å². The van der Waals surface area contributed by atoms with Gasteiger partial charge in [-0.15, -0.1) is 0 Å². The van der Waals surface area contributed by atoms with Crippen molar-refractivity contribution in [1.82, 2.24) is 10.8 Å². The van der Waals surface area contributed by atoms with Crippen molar-refractivity contribution in [3.05, 3.63) is 65.2 Å². The Morgan fingerprint density at radius 2 is 1.52 bits per heavy atom. The highest BCUT2D eigenvalue weighted by Gasteiger charge is 2.44. The zero-order chi connectivity index (χ0) is 21.6. The molecule has 0 saturated heterocycles. The first-order chi connectivity index (χ1) is 13.6. The lowest BCUT2D eigenvalue weighted by atomic mass is 9.92. The monoisotopic (exact) mass is 402 g/mol. The van der Waals surface area contributed by atoms with Crippen LogP contribution in [0.2, 0.25) is 0 Å². The zero-order valence-electron chi connectivity index (χ0n) is 15.4. The summed E-state index contributed by atoms with van der Waals surface area (Å²) in [7, 11) is 0. The van der Waals surface area contributed by atoms with E-state index in [0.717, 1.165) is 12.5 Å². The second-order valence-corrected chi connectivity index (χ2v) is 6.50. The second kappa shape index (κ2) is 9.14. The average Bonchev–Trinajstić information content (AvgIpc) is 2.71. The fourth-order valence-corrected chi connectivity index (χ4v) is 2.32. The van der Waals surface area contributed by atoms with Gasteiger partial charge in [0.05, 0.1) is 0 Å². The largest absolute Gasteiger partial charge is 0.399 e. The van der Waals surface area contributed by atoms with Crippen LogP contribution >= 0.6 is 0 Å². The quantitative estimate of drug-likeness (QED) is 0.222. The Balaban J connectivity index is 2.15. The van der Waals surface area contributed by atoms with E-state index in [-0.39, 0.29) is 5.56 Å². The maximum absolute atomic E-state index is 13.2. The zero-order valence-corrected chi connectivity index (χ0v) is 15.4. The van der Waals surface area contributed by atoms with Crippen LogP contribution in [0.1, 0.15) is 28.4 Å². The number of amides is 2. The molecule has 0 fully saturated rings. The van der Waals surface area contributed by atoms with Gasteiger partial charge in [0.25, 0.3) is 18.2 Å². The summed E-state index contributed by atoms with van der Waals surface area (Å²) in [4.78, 5) is 24.1. The highest BCUT2D eigenvalue weighted by molar-refractivity contribution is 5.98. The summed E-state index contributed by atoms with van der Waals surface area (Å²) in [6.07, 6.45) is -3.13. The number of alkyl halides is 2. The molecule has 0 aromatic heterocycles. The van der Waals surface area contributed by atoms with Crippen LogP contribution in [-0.2, 0) is 4.79 Å². The third-order valence-electron chi connectivity index (χ3n) is 4.15. The number of nitrogen functional groups attached to an aromatic ring is 1. The molecular formula is C20H20F2N4O3. The van der Waals surface area contributed by atoms with E-state index in [1.54, 1.807) is 36.4 Å². The minimum absolute atomic E-state index is 0.101.